The smallest absolute Gasteiger partial charge is 0.342 e. The van der Waals surface area contributed by atoms with E-state index in [1.54, 1.807) is 6.21 Å². The summed E-state index contributed by atoms with van der Waals surface area (Å²) in [5.41, 5.74) is 3.95. The van der Waals surface area contributed by atoms with Gasteiger partial charge in [0.25, 0.3) is 5.56 Å². The number of aromatic nitrogens is 4. The highest BCUT2D eigenvalue weighted by molar-refractivity contribution is 6.00. The molecule has 10 nitrogen and oxygen atoms in total. The molecule has 0 aliphatic carbocycles. The van der Waals surface area contributed by atoms with E-state index >= 15 is 0 Å². The van der Waals surface area contributed by atoms with Gasteiger partial charge in [0.15, 0.2) is 0 Å². The number of benzene rings is 1. The minimum Gasteiger partial charge on any atom is -0.364 e. The van der Waals surface area contributed by atoms with Gasteiger partial charge in [0.2, 0.25) is 11.7 Å². The molecule has 2 aromatic heterocycles. The first kappa shape index (κ1) is 17.1. The molecule has 0 bridgehead atoms. The Morgan fingerprint density at radius 1 is 1.27 bits per heavy atom. The largest absolute Gasteiger partial charge is 0.364 e. The maximum absolute atomic E-state index is 11.8. The number of para-hydroxylation sites is 1. The molecular weight excluding hydrogens is 338 g/mol. The van der Waals surface area contributed by atoms with Crippen LogP contribution >= 0.6 is 0 Å². The molecule has 0 aliphatic heterocycles. The first-order valence-corrected chi connectivity index (χ1v) is 7.86. The van der Waals surface area contributed by atoms with Gasteiger partial charge < -0.3 is 10.3 Å². The van der Waals surface area contributed by atoms with Crippen molar-refractivity contribution in [2.24, 2.45) is 5.10 Å². The lowest BCUT2D eigenvalue weighted by Gasteiger charge is -2.02. The summed E-state index contributed by atoms with van der Waals surface area (Å²) >= 11 is 0. The quantitative estimate of drug-likeness (QED) is 0.316. The fourth-order valence-electron chi connectivity index (χ4n) is 2.45. The summed E-state index contributed by atoms with van der Waals surface area (Å²) in [5, 5.41) is 13.3. The van der Waals surface area contributed by atoms with E-state index in [9.17, 15) is 14.4 Å². The van der Waals surface area contributed by atoms with Crippen molar-refractivity contribution >= 4 is 28.8 Å². The maximum Gasteiger partial charge on any atom is 0.342 e. The second-order valence-electron chi connectivity index (χ2n) is 5.53. The molecule has 5 N–H and O–H groups in total. The van der Waals surface area contributed by atoms with Gasteiger partial charge in [-0.2, -0.15) is 5.10 Å². The van der Waals surface area contributed by atoms with Crippen LogP contribution in [0.2, 0.25) is 0 Å². The van der Waals surface area contributed by atoms with Gasteiger partial charge in [0.05, 0.1) is 6.21 Å². The number of nitrogens with zero attached hydrogens (tertiary/aromatic N) is 2. The van der Waals surface area contributed by atoms with Gasteiger partial charge in [-0.1, -0.05) is 18.2 Å². The first-order chi connectivity index (χ1) is 12.5. The van der Waals surface area contributed by atoms with E-state index in [4.69, 9.17) is 0 Å². The third kappa shape index (κ3) is 3.86. The van der Waals surface area contributed by atoms with Crippen LogP contribution in [0.4, 0.5) is 5.82 Å². The number of rotatable bonds is 6. The Hall–Kier alpha value is -3.69. The second kappa shape index (κ2) is 7.47. The Morgan fingerprint density at radius 3 is 2.88 bits per heavy atom. The van der Waals surface area contributed by atoms with Crippen molar-refractivity contribution < 1.29 is 4.79 Å². The van der Waals surface area contributed by atoms with Crippen molar-refractivity contribution in [1.29, 1.82) is 0 Å². The van der Waals surface area contributed by atoms with Gasteiger partial charge in [0.1, 0.15) is 0 Å². The lowest BCUT2D eigenvalue weighted by molar-refractivity contribution is -0.120. The molecule has 3 rings (SSSR count). The number of carbonyl (C=O) groups is 1. The summed E-state index contributed by atoms with van der Waals surface area (Å²) in [7, 11) is 0. The van der Waals surface area contributed by atoms with Crippen LogP contribution in [0.3, 0.4) is 0 Å². The Morgan fingerprint density at radius 2 is 2.08 bits per heavy atom. The zero-order chi connectivity index (χ0) is 18.5. The molecule has 3 aromatic rings. The fourth-order valence-corrected chi connectivity index (χ4v) is 2.45. The number of hydrogen-bond donors (Lipinski definition) is 5. The van der Waals surface area contributed by atoms with Crippen LogP contribution in [0.25, 0.3) is 10.9 Å². The highest BCUT2D eigenvalue weighted by Gasteiger charge is 2.06. The maximum atomic E-state index is 11.8. The molecule has 134 valence electrons. The third-order valence-corrected chi connectivity index (χ3v) is 3.68. The molecule has 0 radical (unpaired) electrons. The molecule has 1 amide bonds. The van der Waals surface area contributed by atoms with E-state index < -0.39 is 11.2 Å². The minimum absolute atomic E-state index is 0.0599. The summed E-state index contributed by atoms with van der Waals surface area (Å²) in [6, 6.07) is 7.82. The van der Waals surface area contributed by atoms with Crippen LogP contribution in [0.5, 0.6) is 0 Å². The zero-order valence-corrected chi connectivity index (χ0v) is 13.9. The van der Waals surface area contributed by atoms with Crippen molar-refractivity contribution in [3.05, 3.63) is 56.4 Å². The standard InChI is InChI=1S/C16H17N7O3/c1-9-11(10-4-2-3-5-12(10)19-9)8-18-21-13(24)6-7-17-14-15(25)20-16(26)23-22-14/h2-5,8,19H,6-7H2,1H3,(H,17,22)(H,21,24)(H2,20,23,25,26)/b18-8+. The summed E-state index contributed by atoms with van der Waals surface area (Å²) in [6.07, 6.45) is 1.66. The molecular formula is C16H17N7O3. The molecule has 1 aromatic carbocycles. The van der Waals surface area contributed by atoms with Gasteiger partial charge >= 0.3 is 5.69 Å². The molecule has 0 spiro atoms. The Balaban J connectivity index is 1.53. The molecule has 0 atom stereocenters. The van der Waals surface area contributed by atoms with Gasteiger partial charge in [-0.05, 0) is 13.0 Å². The fraction of sp³-hybridized carbons (Fsp3) is 0.188. The summed E-state index contributed by atoms with van der Waals surface area (Å²) in [5.74, 6) is -0.387. The monoisotopic (exact) mass is 355 g/mol. The number of carbonyl (C=O) groups excluding carboxylic acids is 1. The van der Waals surface area contributed by atoms with Gasteiger partial charge in [-0.3, -0.25) is 14.6 Å². The van der Waals surface area contributed by atoms with Crippen molar-refractivity contribution in [2.45, 2.75) is 13.3 Å². The van der Waals surface area contributed by atoms with Crippen molar-refractivity contribution in [1.82, 2.24) is 25.6 Å². The molecule has 0 unspecified atom stereocenters. The van der Waals surface area contributed by atoms with Crippen LogP contribution in [0, 0.1) is 6.92 Å². The normalized spacial score (nSPS) is 11.1. The molecule has 2 heterocycles. The number of H-pyrrole nitrogens is 3. The van der Waals surface area contributed by atoms with Gasteiger partial charge in [0, 0.05) is 35.1 Å². The van der Waals surface area contributed by atoms with Crippen LogP contribution in [0.1, 0.15) is 17.7 Å². The van der Waals surface area contributed by atoms with Gasteiger partial charge in [-0.15, -0.1) is 5.10 Å². The minimum atomic E-state index is -0.694. The van der Waals surface area contributed by atoms with Crippen molar-refractivity contribution in [2.75, 3.05) is 11.9 Å². The number of anilines is 1. The van der Waals surface area contributed by atoms with Gasteiger partial charge in [-0.25, -0.2) is 15.3 Å². The van der Waals surface area contributed by atoms with Crippen LogP contribution in [0.15, 0.2) is 39.0 Å². The summed E-state index contributed by atoms with van der Waals surface area (Å²) in [6.45, 7) is 2.09. The zero-order valence-electron chi connectivity index (χ0n) is 13.9. The summed E-state index contributed by atoms with van der Waals surface area (Å²) in [4.78, 5) is 39.4. The predicted molar refractivity (Wildman–Crippen MR) is 97.4 cm³/mol. The number of aryl methyl sites for hydroxylation is 1. The number of aromatic amines is 3. The van der Waals surface area contributed by atoms with E-state index in [2.05, 4.69) is 31.0 Å². The SMILES string of the molecule is Cc1[nH]c2ccccc2c1/C=N/NC(=O)CCNc1n[nH]c(=O)[nH]c1=O. The van der Waals surface area contributed by atoms with Crippen LogP contribution in [-0.2, 0) is 4.79 Å². The number of nitrogens with one attached hydrogen (secondary N) is 5. The first-order valence-electron chi connectivity index (χ1n) is 7.86. The summed E-state index contributed by atoms with van der Waals surface area (Å²) < 4.78 is 0. The molecule has 0 fully saturated rings. The van der Waals surface area contributed by atoms with Crippen molar-refractivity contribution in [3.8, 4) is 0 Å². The lowest BCUT2D eigenvalue weighted by Crippen LogP contribution is -2.28. The van der Waals surface area contributed by atoms with E-state index in [-0.39, 0.29) is 24.7 Å². The molecule has 26 heavy (non-hydrogen) atoms. The number of amides is 1. The Kier molecular flexibility index (Phi) is 4.92. The van der Waals surface area contributed by atoms with Crippen LogP contribution in [-0.4, -0.2) is 38.8 Å². The molecule has 0 aliphatic rings. The lowest BCUT2D eigenvalue weighted by atomic mass is 10.1. The number of fused-ring (bicyclic) bond motifs is 1. The van der Waals surface area contributed by atoms with E-state index in [0.717, 1.165) is 22.2 Å². The van der Waals surface area contributed by atoms with Crippen molar-refractivity contribution in [3.63, 3.8) is 0 Å². The highest BCUT2D eigenvalue weighted by Crippen LogP contribution is 2.19. The average molecular weight is 355 g/mol. The third-order valence-electron chi connectivity index (χ3n) is 3.68. The number of hydrogen-bond acceptors (Lipinski definition) is 6. The van der Waals surface area contributed by atoms with E-state index in [0.29, 0.717) is 0 Å². The highest BCUT2D eigenvalue weighted by atomic mass is 16.2. The Labute approximate surface area is 146 Å². The Bertz CT molecular complexity index is 1080. The second-order valence-corrected chi connectivity index (χ2v) is 5.53. The van der Waals surface area contributed by atoms with Crippen LogP contribution < -0.4 is 22.0 Å². The predicted octanol–water partition coefficient (Wildman–Crippen LogP) is 0.200. The topological polar surface area (TPSA) is 148 Å². The molecule has 10 heteroatoms. The van der Waals surface area contributed by atoms with E-state index in [1.807, 2.05) is 36.2 Å². The average Bonchev–Trinajstić information content (AvgIpc) is 2.92. The molecule has 0 saturated heterocycles. The number of hydrazone groups is 1. The van der Waals surface area contributed by atoms with E-state index in [1.165, 1.54) is 0 Å². The molecule has 0 saturated carbocycles.